The van der Waals surface area contributed by atoms with Crippen molar-refractivity contribution in [3.63, 3.8) is 0 Å². The summed E-state index contributed by atoms with van der Waals surface area (Å²) < 4.78 is 0. The van der Waals surface area contributed by atoms with Crippen LogP contribution in [0.25, 0.3) is 33.2 Å². The molecule has 1 aliphatic rings. The summed E-state index contributed by atoms with van der Waals surface area (Å²) in [6, 6.07) is 18.0. The van der Waals surface area contributed by atoms with Crippen LogP contribution in [0.15, 0.2) is 60.8 Å². The van der Waals surface area contributed by atoms with E-state index in [0.29, 0.717) is 29.7 Å². The lowest BCUT2D eigenvalue weighted by molar-refractivity contribution is 0.138. The molecule has 7 heteroatoms. The molecule has 0 unspecified atom stereocenters. The third-order valence-corrected chi connectivity index (χ3v) is 6.24. The molecule has 6 N–H and O–H groups in total. The number of H-pyrrole nitrogens is 1. The number of imidazole rings is 1. The molecule has 0 saturated carbocycles. The van der Waals surface area contributed by atoms with E-state index >= 15 is 0 Å². The highest BCUT2D eigenvalue weighted by Gasteiger charge is 2.35. The van der Waals surface area contributed by atoms with Gasteiger partial charge in [0.15, 0.2) is 0 Å². The van der Waals surface area contributed by atoms with Crippen LogP contribution in [-0.4, -0.2) is 32.6 Å². The number of carbonyl (C=O) groups is 1. The zero-order valence-electron chi connectivity index (χ0n) is 17.7. The van der Waals surface area contributed by atoms with Crippen LogP contribution in [-0.2, 0) is 0 Å². The molecule has 7 nitrogen and oxygen atoms in total. The van der Waals surface area contributed by atoms with Crippen LogP contribution < -0.4 is 11.5 Å². The van der Waals surface area contributed by atoms with Crippen molar-refractivity contribution in [2.24, 2.45) is 5.92 Å². The maximum atomic E-state index is 11.6. The number of hydrogen-bond acceptors (Lipinski definition) is 4. The summed E-state index contributed by atoms with van der Waals surface area (Å²) in [6.45, 7) is 2.60. The molecule has 0 bridgehead atoms. The summed E-state index contributed by atoms with van der Waals surface area (Å²) in [7, 11) is 0. The number of hydrogen-bond donors (Lipinski definition) is 4. The van der Waals surface area contributed by atoms with Crippen molar-refractivity contribution in [3.05, 3.63) is 66.6 Å². The average Bonchev–Trinajstić information content (AvgIpc) is 3.42. The van der Waals surface area contributed by atoms with E-state index < -0.39 is 6.09 Å². The van der Waals surface area contributed by atoms with Crippen LogP contribution in [0.5, 0.6) is 0 Å². The van der Waals surface area contributed by atoms with Gasteiger partial charge in [-0.05, 0) is 58.5 Å². The van der Waals surface area contributed by atoms with E-state index in [-0.39, 0.29) is 6.04 Å². The Balaban J connectivity index is 1.44. The number of nitrogens with one attached hydrogen (secondary N) is 1. The molecule has 5 rings (SSSR count). The summed E-state index contributed by atoms with van der Waals surface area (Å²) in [5.74, 6) is 1.01. The lowest BCUT2D eigenvalue weighted by Gasteiger charge is -2.19. The first-order chi connectivity index (χ1) is 15.4. The second-order valence-corrected chi connectivity index (χ2v) is 8.59. The van der Waals surface area contributed by atoms with Gasteiger partial charge in [0, 0.05) is 12.1 Å². The minimum atomic E-state index is -0.901. The van der Waals surface area contributed by atoms with Crippen molar-refractivity contribution in [3.8, 4) is 22.4 Å². The molecule has 1 fully saturated rings. The van der Waals surface area contributed by atoms with Crippen LogP contribution in [0, 0.1) is 5.92 Å². The third kappa shape index (κ3) is 3.51. The first-order valence-electron chi connectivity index (χ1n) is 10.6. The molecule has 2 atom stereocenters. The monoisotopic (exact) mass is 427 g/mol. The van der Waals surface area contributed by atoms with Gasteiger partial charge < -0.3 is 21.6 Å². The highest BCUT2D eigenvalue weighted by molar-refractivity contribution is 5.91. The number of nitrogens with two attached hydrogens (primary N) is 2. The minimum Gasteiger partial charge on any atom is -0.465 e. The number of rotatable bonds is 3. The minimum absolute atomic E-state index is 0.230. The summed E-state index contributed by atoms with van der Waals surface area (Å²) in [5, 5.41) is 11.7. The number of amides is 1. The van der Waals surface area contributed by atoms with Crippen molar-refractivity contribution in [1.29, 1.82) is 0 Å². The molecule has 1 saturated heterocycles. The predicted molar refractivity (Wildman–Crippen MR) is 127 cm³/mol. The van der Waals surface area contributed by atoms with Crippen molar-refractivity contribution in [2.75, 3.05) is 18.0 Å². The van der Waals surface area contributed by atoms with Crippen LogP contribution in [0.1, 0.15) is 25.2 Å². The molecule has 0 spiro atoms. The SMILES string of the molecule is C[C@H]1C[C@@H](c2ncc(-c3ccc4cc(-c5ccc(N)c(N)c5)ccc4c3)[nH]2)N(C(=O)O)C1. The van der Waals surface area contributed by atoms with Gasteiger partial charge in [0.1, 0.15) is 5.82 Å². The number of carboxylic acid groups (broad SMARTS) is 1. The van der Waals surface area contributed by atoms with Gasteiger partial charge in [0.25, 0.3) is 0 Å². The Hall–Kier alpha value is -4.00. The van der Waals surface area contributed by atoms with Crippen molar-refractivity contribution < 1.29 is 9.90 Å². The van der Waals surface area contributed by atoms with Crippen molar-refractivity contribution in [1.82, 2.24) is 14.9 Å². The lowest BCUT2D eigenvalue weighted by atomic mass is 9.99. The standard InChI is InChI=1S/C25H25N5O2/c1-14-8-23(30(13-14)25(31)32)24-28-12-22(29-24)19-5-4-15-9-16(2-3-17(15)10-19)18-6-7-20(26)21(27)11-18/h2-7,9-12,14,23H,8,13,26-27H2,1H3,(H,28,29)(H,31,32)/t14-,23-/m0/s1. The number of anilines is 2. The highest BCUT2D eigenvalue weighted by Crippen LogP contribution is 2.35. The highest BCUT2D eigenvalue weighted by atomic mass is 16.4. The Labute approximate surface area is 185 Å². The fraction of sp³-hybridized carbons (Fsp3) is 0.200. The first-order valence-corrected chi connectivity index (χ1v) is 10.6. The average molecular weight is 428 g/mol. The molecule has 1 aromatic heterocycles. The van der Waals surface area contributed by atoms with Crippen molar-refractivity contribution in [2.45, 2.75) is 19.4 Å². The largest absolute Gasteiger partial charge is 0.465 e. The van der Waals surface area contributed by atoms with Gasteiger partial charge in [-0.2, -0.15) is 0 Å². The number of likely N-dealkylation sites (tertiary alicyclic amines) is 1. The number of benzene rings is 3. The fourth-order valence-electron chi connectivity index (χ4n) is 4.52. The molecule has 0 aliphatic carbocycles. The smallest absolute Gasteiger partial charge is 0.407 e. The van der Waals surface area contributed by atoms with E-state index in [1.54, 1.807) is 6.20 Å². The quantitative estimate of drug-likeness (QED) is 0.338. The van der Waals surface area contributed by atoms with Crippen LogP contribution in [0.3, 0.4) is 0 Å². The molecule has 162 valence electrons. The molecular formula is C25H25N5O2. The zero-order chi connectivity index (χ0) is 22.4. The second kappa shape index (κ2) is 7.60. The maximum Gasteiger partial charge on any atom is 0.407 e. The summed E-state index contributed by atoms with van der Waals surface area (Å²) in [5.41, 5.74) is 16.9. The van der Waals surface area contributed by atoms with Gasteiger partial charge in [0.2, 0.25) is 0 Å². The summed E-state index contributed by atoms with van der Waals surface area (Å²) in [4.78, 5) is 20.9. The Bertz CT molecular complexity index is 1330. The zero-order valence-corrected chi connectivity index (χ0v) is 17.7. The predicted octanol–water partition coefficient (Wildman–Crippen LogP) is 5.12. The number of aromatic amines is 1. The van der Waals surface area contributed by atoms with E-state index in [4.69, 9.17) is 11.5 Å². The third-order valence-electron chi connectivity index (χ3n) is 6.24. The molecule has 3 aromatic carbocycles. The molecule has 32 heavy (non-hydrogen) atoms. The molecule has 1 aliphatic heterocycles. The van der Waals surface area contributed by atoms with Crippen LogP contribution in [0.2, 0.25) is 0 Å². The molecule has 4 aromatic rings. The first kappa shape index (κ1) is 19.9. The lowest BCUT2D eigenvalue weighted by Crippen LogP contribution is -2.29. The van der Waals surface area contributed by atoms with Gasteiger partial charge in [-0.25, -0.2) is 9.78 Å². The molecular weight excluding hydrogens is 402 g/mol. The van der Waals surface area contributed by atoms with E-state index in [2.05, 4.69) is 47.2 Å². The maximum absolute atomic E-state index is 11.6. The Morgan fingerprint density at radius 1 is 1.00 bits per heavy atom. The second-order valence-electron chi connectivity index (χ2n) is 8.59. The number of fused-ring (bicyclic) bond motifs is 1. The van der Waals surface area contributed by atoms with Gasteiger partial charge in [0.05, 0.1) is 29.3 Å². The van der Waals surface area contributed by atoms with E-state index in [9.17, 15) is 9.90 Å². The Morgan fingerprint density at radius 3 is 2.38 bits per heavy atom. The summed E-state index contributed by atoms with van der Waals surface area (Å²) in [6.07, 6.45) is 1.65. The van der Waals surface area contributed by atoms with E-state index in [1.807, 2.05) is 24.3 Å². The number of nitrogens with zero attached hydrogens (tertiary/aromatic N) is 2. The molecule has 0 radical (unpaired) electrons. The topological polar surface area (TPSA) is 121 Å². The number of nitrogen functional groups attached to an aromatic ring is 2. The normalized spacial score (nSPS) is 18.3. The Morgan fingerprint density at radius 2 is 1.66 bits per heavy atom. The van der Waals surface area contributed by atoms with Crippen molar-refractivity contribution >= 4 is 28.2 Å². The van der Waals surface area contributed by atoms with E-state index in [1.165, 1.54) is 4.90 Å². The Kier molecular flexibility index (Phi) is 4.74. The van der Waals surface area contributed by atoms with Gasteiger partial charge in [-0.3, -0.25) is 4.90 Å². The van der Waals surface area contributed by atoms with Crippen LogP contribution in [0.4, 0.5) is 16.2 Å². The number of aromatic nitrogens is 2. The van der Waals surface area contributed by atoms with Gasteiger partial charge >= 0.3 is 6.09 Å². The molecule has 1 amide bonds. The van der Waals surface area contributed by atoms with E-state index in [0.717, 1.165) is 39.6 Å². The van der Waals surface area contributed by atoms with Gasteiger partial charge in [-0.1, -0.05) is 37.3 Å². The molecule has 2 heterocycles. The summed E-state index contributed by atoms with van der Waals surface area (Å²) >= 11 is 0. The fourth-order valence-corrected chi connectivity index (χ4v) is 4.52. The van der Waals surface area contributed by atoms with Gasteiger partial charge in [-0.15, -0.1) is 0 Å². The van der Waals surface area contributed by atoms with Crippen LogP contribution >= 0.6 is 0 Å².